The zero-order valence-corrected chi connectivity index (χ0v) is 15.9. The summed E-state index contributed by atoms with van der Waals surface area (Å²) in [4.78, 5) is 0. The number of phenols is 1. The van der Waals surface area contributed by atoms with Gasteiger partial charge in [-0.3, -0.25) is 0 Å². The number of methoxy groups -OCH3 is 1. The maximum absolute atomic E-state index is 10.5. The summed E-state index contributed by atoms with van der Waals surface area (Å²) >= 11 is 0. The van der Waals surface area contributed by atoms with Crippen molar-refractivity contribution < 1.29 is 14.3 Å². The molecule has 4 nitrogen and oxygen atoms in total. The average molecular weight is 381 g/mol. The van der Waals surface area contributed by atoms with E-state index in [0.29, 0.717) is 34.6 Å². The summed E-state index contributed by atoms with van der Waals surface area (Å²) in [7, 11) is 1.63. The number of hydrogen-bond acceptors (Lipinski definition) is 4. The zero-order chi connectivity index (χ0) is 20.2. The fraction of sp³-hybridized carbons (Fsp3) is 0.0800. The minimum atomic E-state index is 0.111. The van der Waals surface area contributed by atoms with Gasteiger partial charge in [-0.2, -0.15) is 5.26 Å². The predicted octanol–water partition coefficient (Wildman–Crippen LogP) is 5.79. The molecule has 0 atom stereocenters. The Balaban J connectivity index is 1.90. The van der Waals surface area contributed by atoms with Crippen molar-refractivity contribution in [2.75, 3.05) is 7.11 Å². The van der Waals surface area contributed by atoms with Crippen LogP contribution in [-0.4, -0.2) is 12.2 Å². The number of nitriles is 1. The van der Waals surface area contributed by atoms with Crippen LogP contribution in [-0.2, 0) is 6.42 Å². The Kier molecular flexibility index (Phi) is 5.05. The number of hydrogen-bond donors (Lipinski definition) is 1. The number of nitrogens with zero attached hydrogens (tertiary/aromatic N) is 1. The fourth-order valence-corrected chi connectivity index (χ4v) is 3.40. The molecular formula is C25H19NO3. The Labute approximate surface area is 169 Å². The van der Waals surface area contributed by atoms with Crippen molar-refractivity contribution >= 4 is 0 Å². The number of aromatic hydroxyl groups is 1. The third kappa shape index (κ3) is 3.59. The van der Waals surface area contributed by atoms with Gasteiger partial charge in [0.2, 0.25) is 0 Å². The molecule has 0 aliphatic carbocycles. The lowest BCUT2D eigenvalue weighted by molar-refractivity contribution is 0.414. The summed E-state index contributed by atoms with van der Waals surface area (Å²) in [6.45, 7) is 0. The van der Waals surface area contributed by atoms with Gasteiger partial charge in [-0.1, -0.05) is 60.7 Å². The quantitative estimate of drug-likeness (QED) is 0.475. The lowest BCUT2D eigenvalue weighted by Crippen LogP contribution is -1.91. The Morgan fingerprint density at radius 2 is 1.62 bits per heavy atom. The van der Waals surface area contributed by atoms with E-state index < -0.39 is 0 Å². The molecule has 0 radical (unpaired) electrons. The number of ether oxygens (including phenoxy) is 1. The molecule has 1 heterocycles. The second kappa shape index (κ2) is 7.95. The first-order chi connectivity index (χ1) is 14.2. The van der Waals surface area contributed by atoms with Crippen molar-refractivity contribution in [2.24, 2.45) is 0 Å². The average Bonchev–Trinajstić information content (AvgIpc) is 3.13. The molecule has 4 rings (SSSR count). The second-order valence-corrected chi connectivity index (χ2v) is 6.62. The molecule has 0 amide bonds. The van der Waals surface area contributed by atoms with E-state index in [4.69, 9.17) is 9.15 Å². The first kappa shape index (κ1) is 18.4. The largest absolute Gasteiger partial charge is 0.507 e. The van der Waals surface area contributed by atoms with E-state index in [1.165, 1.54) is 0 Å². The minimum Gasteiger partial charge on any atom is -0.507 e. The standard InChI is InChI=1S/C25H19NO3/c1-28-19-13-11-17(12-14-19)15-23-24(20-9-5-6-10-22(20)27)21(16-26)25(29-23)18-7-3-2-4-8-18/h2-14,27H,15H2,1H3. The number of benzene rings is 3. The maximum atomic E-state index is 10.5. The predicted molar refractivity (Wildman–Crippen MR) is 112 cm³/mol. The van der Waals surface area contributed by atoms with Gasteiger partial charge in [-0.05, 0) is 23.8 Å². The van der Waals surface area contributed by atoms with E-state index in [0.717, 1.165) is 16.9 Å². The summed E-state index contributed by atoms with van der Waals surface area (Å²) in [5.74, 6) is 2.03. The lowest BCUT2D eigenvalue weighted by atomic mass is 9.96. The van der Waals surface area contributed by atoms with Gasteiger partial charge in [-0.15, -0.1) is 0 Å². The fourth-order valence-electron chi connectivity index (χ4n) is 3.40. The van der Waals surface area contributed by atoms with Crippen LogP contribution in [0.25, 0.3) is 22.5 Å². The zero-order valence-electron chi connectivity index (χ0n) is 15.9. The van der Waals surface area contributed by atoms with Crippen LogP contribution < -0.4 is 4.74 Å². The Morgan fingerprint density at radius 3 is 2.28 bits per heavy atom. The molecule has 0 fully saturated rings. The van der Waals surface area contributed by atoms with E-state index >= 15 is 0 Å². The first-order valence-corrected chi connectivity index (χ1v) is 9.23. The highest BCUT2D eigenvalue weighted by Gasteiger charge is 2.24. The molecule has 0 unspecified atom stereocenters. The monoisotopic (exact) mass is 381 g/mol. The summed E-state index contributed by atoms with van der Waals surface area (Å²) in [6, 6.07) is 26.5. The summed E-state index contributed by atoms with van der Waals surface area (Å²) < 4.78 is 11.5. The van der Waals surface area contributed by atoms with E-state index in [9.17, 15) is 10.4 Å². The highest BCUT2D eigenvalue weighted by Crippen LogP contribution is 2.41. The van der Waals surface area contributed by atoms with Gasteiger partial charge in [0.25, 0.3) is 0 Å². The van der Waals surface area contributed by atoms with Crippen molar-refractivity contribution in [1.82, 2.24) is 0 Å². The molecule has 4 heteroatoms. The van der Waals surface area contributed by atoms with Crippen molar-refractivity contribution in [3.05, 3.63) is 95.7 Å². The normalized spacial score (nSPS) is 10.5. The van der Waals surface area contributed by atoms with Crippen LogP contribution in [0.15, 0.2) is 83.3 Å². The Bertz CT molecular complexity index is 1170. The SMILES string of the molecule is COc1ccc(Cc2oc(-c3ccccc3)c(C#N)c2-c2ccccc2O)cc1. The third-order valence-corrected chi connectivity index (χ3v) is 4.83. The Hall–Kier alpha value is -3.97. The Morgan fingerprint density at radius 1 is 0.931 bits per heavy atom. The molecule has 0 spiro atoms. The van der Waals surface area contributed by atoms with Crippen LogP contribution in [0.4, 0.5) is 0 Å². The second-order valence-electron chi connectivity index (χ2n) is 6.62. The van der Waals surface area contributed by atoms with Gasteiger partial charge in [-0.25, -0.2) is 0 Å². The first-order valence-electron chi connectivity index (χ1n) is 9.23. The van der Waals surface area contributed by atoms with Crippen LogP contribution in [0.1, 0.15) is 16.9 Å². The smallest absolute Gasteiger partial charge is 0.152 e. The molecule has 0 aliphatic rings. The van der Waals surface area contributed by atoms with E-state index in [1.54, 1.807) is 25.3 Å². The van der Waals surface area contributed by atoms with Crippen molar-refractivity contribution in [3.8, 4) is 40.0 Å². The number of para-hydroxylation sites is 1. The minimum absolute atomic E-state index is 0.111. The maximum Gasteiger partial charge on any atom is 0.152 e. The molecule has 0 saturated carbocycles. The molecule has 3 aromatic carbocycles. The molecule has 0 saturated heterocycles. The van der Waals surface area contributed by atoms with Crippen LogP contribution in [0, 0.1) is 11.3 Å². The lowest BCUT2D eigenvalue weighted by Gasteiger charge is -2.07. The highest BCUT2D eigenvalue weighted by molar-refractivity contribution is 5.84. The van der Waals surface area contributed by atoms with Crippen molar-refractivity contribution in [2.45, 2.75) is 6.42 Å². The van der Waals surface area contributed by atoms with Crippen LogP contribution in [0.5, 0.6) is 11.5 Å². The molecule has 29 heavy (non-hydrogen) atoms. The van der Waals surface area contributed by atoms with Crippen LogP contribution in [0.2, 0.25) is 0 Å². The van der Waals surface area contributed by atoms with E-state index in [-0.39, 0.29) is 5.75 Å². The topological polar surface area (TPSA) is 66.4 Å². The van der Waals surface area contributed by atoms with Gasteiger partial charge < -0.3 is 14.3 Å². The summed E-state index contributed by atoms with van der Waals surface area (Å²) in [6.07, 6.45) is 0.481. The molecule has 0 aliphatic heterocycles. The molecule has 1 N–H and O–H groups in total. The van der Waals surface area contributed by atoms with Gasteiger partial charge in [0.05, 0.1) is 7.11 Å². The van der Waals surface area contributed by atoms with Crippen molar-refractivity contribution in [1.29, 1.82) is 5.26 Å². The molecule has 4 aromatic rings. The van der Waals surface area contributed by atoms with E-state index in [1.807, 2.05) is 60.7 Å². The van der Waals surface area contributed by atoms with Gasteiger partial charge in [0, 0.05) is 23.1 Å². The number of phenolic OH excluding ortho intramolecular Hbond substituents is 1. The third-order valence-electron chi connectivity index (χ3n) is 4.83. The molecular weight excluding hydrogens is 362 g/mol. The number of rotatable bonds is 5. The molecule has 1 aromatic heterocycles. The summed E-state index contributed by atoms with van der Waals surface area (Å²) in [5, 5.41) is 20.4. The van der Waals surface area contributed by atoms with E-state index in [2.05, 4.69) is 6.07 Å². The molecule has 142 valence electrons. The van der Waals surface area contributed by atoms with Crippen LogP contribution >= 0.6 is 0 Å². The van der Waals surface area contributed by atoms with Crippen molar-refractivity contribution in [3.63, 3.8) is 0 Å². The number of furan rings is 1. The summed E-state index contributed by atoms with van der Waals surface area (Å²) in [5.41, 5.74) is 3.46. The van der Waals surface area contributed by atoms with Crippen LogP contribution in [0.3, 0.4) is 0 Å². The highest BCUT2D eigenvalue weighted by atomic mass is 16.5. The molecule has 0 bridgehead atoms. The van der Waals surface area contributed by atoms with Gasteiger partial charge in [0.15, 0.2) is 5.76 Å². The van der Waals surface area contributed by atoms with Gasteiger partial charge in [0.1, 0.15) is 28.9 Å². The van der Waals surface area contributed by atoms with Gasteiger partial charge >= 0.3 is 0 Å².